The number of rotatable bonds is 74. The lowest BCUT2D eigenvalue weighted by molar-refractivity contribution is -0.161. The van der Waals surface area contributed by atoms with Crippen LogP contribution in [0.3, 0.4) is 0 Å². The molecular formula is C77H146O17P2. The molecule has 0 aromatic heterocycles. The standard InChI is InChI=1S/C77H146O17P2/c1-7-9-11-13-15-17-19-21-23-24-25-26-28-30-32-36-42-49-55-61-76(81)93-72(65-87-74(79)59-53-47-41-35-31-29-27-22-20-18-16-14-12-10-8-2)67-91-95(83,84)89-63-71(78)64-90-96(85,86)92-68-73(66-88-75(80)60-54-48-44-38-40-46-52-58-70(5)6)94-77(82)62-56-50-43-37-33-34-39-45-51-57-69(3)4/h18,20,22,27,69-73,78H,7-17,19,21,23-26,28-68H2,1-6H3,(H,83,84)(H,85,86)/b20-18-,27-22-/t71-,72-,73-/m1/s1. The zero-order valence-electron chi connectivity index (χ0n) is 62.2. The number of aliphatic hydroxyl groups excluding tert-OH is 1. The van der Waals surface area contributed by atoms with Gasteiger partial charge in [-0.3, -0.25) is 37.3 Å². The number of carbonyl (C=O) groups excluding carboxylic acids is 4. The van der Waals surface area contributed by atoms with Crippen LogP contribution in [-0.4, -0.2) is 96.7 Å². The lowest BCUT2D eigenvalue weighted by atomic mass is 10.0. The van der Waals surface area contributed by atoms with Crippen molar-refractivity contribution in [1.29, 1.82) is 0 Å². The molecule has 0 bridgehead atoms. The fourth-order valence-corrected chi connectivity index (χ4v) is 12.9. The van der Waals surface area contributed by atoms with Gasteiger partial charge in [0.05, 0.1) is 26.4 Å². The van der Waals surface area contributed by atoms with Gasteiger partial charge in [-0.1, -0.05) is 323 Å². The average Bonchev–Trinajstić information content (AvgIpc) is 3.68. The molecule has 5 atom stereocenters. The molecule has 0 amide bonds. The molecule has 0 rings (SSSR count). The van der Waals surface area contributed by atoms with Gasteiger partial charge in [0.1, 0.15) is 19.3 Å². The van der Waals surface area contributed by atoms with E-state index >= 15 is 0 Å². The Morgan fingerprint density at radius 1 is 0.323 bits per heavy atom. The lowest BCUT2D eigenvalue weighted by Gasteiger charge is -2.21. The number of allylic oxidation sites excluding steroid dienone is 4. The van der Waals surface area contributed by atoms with E-state index in [2.05, 4.69) is 65.8 Å². The first-order valence-electron chi connectivity index (χ1n) is 39.3. The summed E-state index contributed by atoms with van der Waals surface area (Å²) in [5.41, 5.74) is 0. The number of hydrogen-bond donors (Lipinski definition) is 3. The predicted octanol–water partition coefficient (Wildman–Crippen LogP) is 22.3. The molecule has 17 nitrogen and oxygen atoms in total. The molecule has 0 saturated heterocycles. The molecule has 566 valence electrons. The summed E-state index contributed by atoms with van der Waals surface area (Å²) in [6, 6.07) is 0. The van der Waals surface area contributed by atoms with Crippen LogP contribution in [-0.2, 0) is 65.4 Å². The van der Waals surface area contributed by atoms with Gasteiger partial charge < -0.3 is 33.8 Å². The first kappa shape index (κ1) is 93.5. The molecule has 0 heterocycles. The van der Waals surface area contributed by atoms with Gasteiger partial charge in [-0.2, -0.15) is 0 Å². The van der Waals surface area contributed by atoms with E-state index in [0.29, 0.717) is 31.6 Å². The topological polar surface area (TPSA) is 237 Å². The molecule has 96 heavy (non-hydrogen) atoms. The zero-order chi connectivity index (χ0) is 70.7. The summed E-state index contributed by atoms with van der Waals surface area (Å²) in [6.45, 7) is 9.45. The fourth-order valence-electron chi connectivity index (χ4n) is 11.3. The summed E-state index contributed by atoms with van der Waals surface area (Å²) in [4.78, 5) is 72.8. The van der Waals surface area contributed by atoms with Crippen molar-refractivity contribution >= 4 is 39.5 Å². The Morgan fingerprint density at radius 2 is 0.562 bits per heavy atom. The molecular weight excluding hydrogens is 1260 g/mol. The van der Waals surface area contributed by atoms with Gasteiger partial charge in [0.15, 0.2) is 12.2 Å². The largest absolute Gasteiger partial charge is 0.472 e. The molecule has 0 saturated carbocycles. The fraction of sp³-hybridized carbons (Fsp3) is 0.896. The van der Waals surface area contributed by atoms with Gasteiger partial charge in [0.2, 0.25) is 0 Å². The van der Waals surface area contributed by atoms with Crippen LogP contribution >= 0.6 is 15.6 Å². The Kier molecular flexibility index (Phi) is 66.6. The third-order valence-corrected chi connectivity index (χ3v) is 19.2. The van der Waals surface area contributed by atoms with Gasteiger partial charge >= 0.3 is 39.5 Å². The van der Waals surface area contributed by atoms with Crippen LogP contribution in [0, 0.1) is 11.8 Å². The van der Waals surface area contributed by atoms with Crippen LogP contribution in [0.15, 0.2) is 24.3 Å². The van der Waals surface area contributed by atoms with Crippen LogP contribution < -0.4 is 0 Å². The third-order valence-electron chi connectivity index (χ3n) is 17.3. The first-order chi connectivity index (χ1) is 46.4. The van der Waals surface area contributed by atoms with E-state index in [4.69, 9.17) is 37.0 Å². The third kappa shape index (κ3) is 70.0. The smallest absolute Gasteiger partial charge is 0.462 e. The number of carbonyl (C=O) groups is 4. The Bertz CT molecular complexity index is 1950. The summed E-state index contributed by atoms with van der Waals surface area (Å²) in [5.74, 6) is -0.709. The summed E-state index contributed by atoms with van der Waals surface area (Å²) < 4.78 is 68.5. The summed E-state index contributed by atoms with van der Waals surface area (Å²) in [6.07, 6.45) is 59.2. The van der Waals surface area contributed by atoms with Crippen LogP contribution in [0.1, 0.15) is 375 Å². The molecule has 2 unspecified atom stereocenters. The normalized spacial score (nSPS) is 14.2. The highest BCUT2D eigenvalue weighted by Crippen LogP contribution is 2.45. The second-order valence-corrected chi connectivity index (χ2v) is 30.9. The molecule has 0 aromatic carbocycles. The van der Waals surface area contributed by atoms with E-state index in [1.165, 1.54) is 167 Å². The SMILES string of the molecule is CCCCCC/C=C\C=C/CCCCCCCC(=O)OC[C@H](COP(=O)(O)OC[C@@H](O)COP(=O)(O)OC[C@@H](COC(=O)CCCCCCCCCC(C)C)OC(=O)CCCCCCCCCCCC(C)C)OC(=O)CCCCCCCCCCCCCCCCCCCCC. The quantitative estimate of drug-likeness (QED) is 0.0169. The van der Waals surface area contributed by atoms with Crippen molar-refractivity contribution in [3.8, 4) is 0 Å². The van der Waals surface area contributed by atoms with E-state index in [0.717, 1.165) is 121 Å². The highest BCUT2D eigenvalue weighted by molar-refractivity contribution is 7.47. The van der Waals surface area contributed by atoms with Crippen molar-refractivity contribution in [3.63, 3.8) is 0 Å². The molecule has 0 aliphatic rings. The molecule has 0 aromatic rings. The van der Waals surface area contributed by atoms with Gasteiger partial charge in [-0.15, -0.1) is 0 Å². The van der Waals surface area contributed by atoms with E-state index in [1.807, 2.05) is 0 Å². The maximum Gasteiger partial charge on any atom is 0.472 e. The summed E-state index contributed by atoms with van der Waals surface area (Å²) >= 11 is 0. The maximum absolute atomic E-state index is 13.1. The minimum atomic E-state index is -4.97. The first-order valence-corrected chi connectivity index (χ1v) is 42.3. The van der Waals surface area contributed by atoms with E-state index in [9.17, 15) is 43.2 Å². The summed E-state index contributed by atoms with van der Waals surface area (Å²) in [5, 5.41) is 10.6. The van der Waals surface area contributed by atoms with Gasteiger partial charge in [-0.05, 0) is 63.2 Å². The minimum absolute atomic E-state index is 0.101. The minimum Gasteiger partial charge on any atom is -0.462 e. The number of phosphoric ester groups is 2. The average molecular weight is 1410 g/mol. The Hall–Kier alpha value is -2.46. The Morgan fingerprint density at radius 3 is 0.854 bits per heavy atom. The second-order valence-electron chi connectivity index (χ2n) is 28.0. The van der Waals surface area contributed by atoms with Gasteiger partial charge in [0.25, 0.3) is 0 Å². The van der Waals surface area contributed by atoms with Crippen LogP contribution in [0.5, 0.6) is 0 Å². The van der Waals surface area contributed by atoms with Crippen LogP contribution in [0.4, 0.5) is 0 Å². The van der Waals surface area contributed by atoms with E-state index in [1.54, 1.807) is 0 Å². The van der Waals surface area contributed by atoms with Crippen molar-refractivity contribution in [3.05, 3.63) is 24.3 Å². The van der Waals surface area contributed by atoms with Gasteiger partial charge in [-0.25, -0.2) is 9.13 Å². The second kappa shape index (κ2) is 68.3. The van der Waals surface area contributed by atoms with Crippen LogP contribution in [0.25, 0.3) is 0 Å². The van der Waals surface area contributed by atoms with Crippen molar-refractivity contribution in [1.82, 2.24) is 0 Å². The number of esters is 4. The molecule has 0 spiro atoms. The van der Waals surface area contributed by atoms with Crippen molar-refractivity contribution in [2.45, 2.75) is 394 Å². The van der Waals surface area contributed by atoms with Crippen molar-refractivity contribution in [2.24, 2.45) is 11.8 Å². The van der Waals surface area contributed by atoms with E-state index < -0.39 is 97.5 Å². The number of ether oxygens (including phenoxy) is 4. The lowest BCUT2D eigenvalue weighted by Crippen LogP contribution is -2.30. The number of aliphatic hydroxyl groups is 1. The zero-order valence-corrected chi connectivity index (χ0v) is 63.9. The monoisotopic (exact) mass is 1410 g/mol. The van der Waals surface area contributed by atoms with E-state index in [-0.39, 0.29) is 25.7 Å². The highest BCUT2D eigenvalue weighted by atomic mass is 31.2. The molecule has 3 N–H and O–H groups in total. The highest BCUT2D eigenvalue weighted by Gasteiger charge is 2.30. The van der Waals surface area contributed by atoms with Crippen molar-refractivity contribution < 1.29 is 80.2 Å². The van der Waals surface area contributed by atoms with Gasteiger partial charge in [0, 0.05) is 25.7 Å². The number of unbranched alkanes of at least 4 members (excludes halogenated alkanes) is 41. The maximum atomic E-state index is 13.1. The van der Waals surface area contributed by atoms with Crippen molar-refractivity contribution in [2.75, 3.05) is 39.6 Å². The summed E-state index contributed by atoms with van der Waals surface area (Å²) in [7, 11) is -9.92. The molecule has 0 aliphatic carbocycles. The number of phosphoric acid groups is 2. The predicted molar refractivity (Wildman–Crippen MR) is 391 cm³/mol. The molecule has 0 aliphatic heterocycles. The molecule has 19 heteroatoms. The Balaban J connectivity index is 5.27. The number of hydrogen-bond acceptors (Lipinski definition) is 15. The molecule has 0 radical (unpaired) electrons. The molecule has 0 fully saturated rings. The Labute approximate surface area is 586 Å². The van der Waals surface area contributed by atoms with Crippen LogP contribution in [0.2, 0.25) is 0 Å².